The van der Waals surface area contributed by atoms with Gasteiger partial charge < -0.3 is 10.6 Å². The van der Waals surface area contributed by atoms with Crippen molar-refractivity contribution in [3.8, 4) is 0 Å². The second-order valence-electron chi connectivity index (χ2n) is 5.29. The maximum atomic E-state index is 11.8. The maximum Gasteiger partial charge on any atom is 0.346 e. The predicted molar refractivity (Wildman–Crippen MR) is 64.4 cm³/mol. The van der Waals surface area contributed by atoms with Gasteiger partial charge in [0.05, 0.1) is 0 Å². The Kier molecular flexibility index (Phi) is 2.68. The molecule has 2 atom stereocenters. The van der Waals surface area contributed by atoms with Crippen molar-refractivity contribution in [2.24, 2.45) is 16.6 Å². The van der Waals surface area contributed by atoms with Gasteiger partial charge in [0, 0.05) is 6.04 Å². The Labute approximate surface area is 96.9 Å². The van der Waals surface area contributed by atoms with E-state index in [4.69, 9.17) is 5.73 Å². The van der Waals surface area contributed by atoms with E-state index in [0.717, 1.165) is 25.7 Å². The summed E-state index contributed by atoms with van der Waals surface area (Å²) >= 11 is 0. The Morgan fingerprint density at radius 3 is 2.81 bits per heavy atom. The molecule has 0 radical (unpaired) electrons. The monoisotopic (exact) mass is 223 g/mol. The van der Waals surface area contributed by atoms with E-state index < -0.39 is 0 Å². The third-order valence-electron chi connectivity index (χ3n) is 4.05. The van der Waals surface area contributed by atoms with Gasteiger partial charge in [-0.05, 0) is 39.0 Å². The quantitative estimate of drug-likeness (QED) is 0.779. The SMILES string of the molecule is CCC1CCC2(C1)C(N)=NC(=O)N2C(C)C. The van der Waals surface area contributed by atoms with Crippen molar-refractivity contribution >= 4 is 11.9 Å². The molecule has 1 aliphatic heterocycles. The Hall–Kier alpha value is -1.06. The number of rotatable bonds is 2. The number of carbonyl (C=O) groups is 1. The summed E-state index contributed by atoms with van der Waals surface area (Å²) < 4.78 is 0. The summed E-state index contributed by atoms with van der Waals surface area (Å²) in [6, 6.07) is 0.0251. The minimum absolute atomic E-state index is 0.149. The zero-order valence-corrected chi connectivity index (χ0v) is 10.4. The predicted octanol–water partition coefficient (Wildman–Crippen LogP) is 2.14. The van der Waals surface area contributed by atoms with Gasteiger partial charge in [0.15, 0.2) is 0 Å². The number of urea groups is 1. The standard InChI is InChI=1S/C12H21N3O/c1-4-9-5-6-12(7-9)10(13)14-11(16)15(12)8(2)3/h8-9H,4-7H2,1-3H3,(H2,13,14,16). The normalized spacial score (nSPS) is 34.2. The molecule has 0 aromatic rings. The van der Waals surface area contributed by atoms with Crippen LogP contribution in [-0.4, -0.2) is 28.3 Å². The zero-order chi connectivity index (χ0) is 11.9. The summed E-state index contributed by atoms with van der Waals surface area (Å²) in [7, 11) is 0. The van der Waals surface area contributed by atoms with E-state index in [1.807, 2.05) is 18.7 Å². The van der Waals surface area contributed by atoms with Crippen LogP contribution in [0.1, 0.15) is 46.5 Å². The average molecular weight is 223 g/mol. The van der Waals surface area contributed by atoms with Crippen molar-refractivity contribution in [1.29, 1.82) is 0 Å². The molecule has 0 aromatic heterocycles. The second-order valence-corrected chi connectivity index (χ2v) is 5.29. The molecular weight excluding hydrogens is 202 g/mol. The van der Waals surface area contributed by atoms with Crippen LogP contribution in [-0.2, 0) is 0 Å². The Morgan fingerprint density at radius 1 is 1.62 bits per heavy atom. The highest BCUT2D eigenvalue weighted by molar-refractivity contribution is 6.06. The fourth-order valence-electron chi connectivity index (χ4n) is 3.21. The van der Waals surface area contributed by atoms with Crippen molar-refractivity contribution < 1.29 is 4.79 Å². The highest BCUT2D eigenvalue weighted by atomic mass is 16.2. The maximum absolute atomic E-state index is 11.8. The summed E-state index contributed by atoms with van der Waals surface area (Å²) in [5, 5.41) is 0. The van der Waals surface area contributed by atoms with Crippen LogP contribution in [0, 0.1) is 5.92 Å². The number of hydrogen-bond acceptors (Lipinski definition) is 2. The van der Waals surface area contributed by atoms with Crippen molar-refractivity contribution in [3.63, 3.8) is 0 Å². The molecule has 1 aliphatic carbocycles. The van der Waals surface area contributed by atoms with Gasteiger partial charge >= 0.3 is 6.03 Å². The largest absolute Gasteiger partial charge is 0.385 e. The summed E-state index contributed by atoms with van der Waals surface area (Å²) in [5.74, 6) is 1.23. The first-order chi connectivity index (χ1) is 7.51. The van der Waals surface area contributed by atoms with Gasteiger partial charge in [-0.1, -0.05) is 13.3 Å². The molecule has 1 saturated carbocycles. The van der Waals surface area contributed by atoms with E-state index in [2.05, 4.69) is 11.9 Å². The van der Waals surface area contributed by atoms with E-state index in [0.29, 0.717) is 11.8 Å². The molecule has 0 aromatic carbocycles. The van der Waals surface area contributed by atoms with E-state index in [1.165, 1.54) is 0 Å². The fraction of sp³-hybridized carbons (Fsp3) is 0.833. The minimum Gasteiger partial charge on any atom is -0.385 e. The molecule has 2 aliphatic rings. The Balaban J connectivity index is 2.31. The van der Waals surface area contributed by atoms with Crippen LogP contribution in [0.25, 0.3) is 0 Å². The second kappa shape index (κ2) is 3.75. The zero-order valence-electron chi connectivity index (χ0n) is 10.4. The molecule has 2 N–H and O–H groups in total. The summed E-state index contributed by atoms with van der Waals surface area (Å²) in [4.78, 5) is 17.7. The number of nitrogens with two attached hydrogens (primary N) is 1. The van der Waals surface area contributed by atoms with Gasteiger partial charge in [0.1, 0.15) is 11.4 Å². The number of carbonyl (C=O) groups excluding carboxylic acids is 1. The van der Waals surface area contributed by atoms with E-state index in [1.54, 1.807) is 0 Å². The first-order valence-electron chi connectivity index (χ1n) is 6.19. The lowest BCUT2D eigenvalue weighted by Gasteiger charge is -2.37. The molecule has 0 bridgehead atoms. The van der Waals surface area contributed by atoms with Gasteiger partial charge in [0.25, 0.3) is 0 Å². The Bertz CT molecular complexity index is 337. The Morgan fingerprint density at radius 2 is 2.31 bits per heavy atom. The van der Waals surface area contributed by atoms with E-state index in [-0.39, 0.29) is 17.6 Å². The van der Waals surface area contributed by atoms with Crippen LogP contribution in [0.15, 0.2) is 4.99 Å². The lowest BCUT2D eigenvalue weighted by molar-refractivity contribution is 0.146. The number of amides is 2. The molecule has 2 rings (SSSR count). The summed E-state index contributed by atoms with van der Waals surface area (Å²) in [6.45, 7) is 6.27. The number of amidine groups is 1. The number of aliphatic imine (C=N–C) groups is 1. The van der Waals surface area contributed by atoms with Gasteiger partial charge in [-0.3, -0.25) is 0 Å². The molecule has 2 amide bonds. The van der Waals surface area contributed by atoms with Crippen molar-refractivity contribution in [3.05, 3.63) is 0 Å². The first kappa shape index (κ1) is 11.4. The molecule has 1 heterocycles. The van der Waals surface area contributed by atoms with Gasteiger partial charge in [-0.25, -0.2) is 4.79 Å². The lowest BCUT2D eigenvalue weighted by Crippen LogP contribution is -2.55. The van der Waals surface area contributed by atoms with Gasteiger partial charge in [-0.2, -0.15) is 4.99 Å². The first-order valence-corrected chi connectivity index (χ1v) is 6.19. The molecule has 1 fully saturated rings. The van der Waals surface area contributed by atoms with Gasteiger partial charge in [-0.15, -0.1) is 0 Å². The third-order valence-corrected chi connectivity index (χ3v) is 4.05. The van der Waals surface area contributed by atoms with Crippen LogP contribution < -0.4 is 5.73 Å². The highest BCUT2D eigenvalue weighted by Crippen LogP contribution is 2.44. The number of hydrogen-bond donors (Lipinski definition) is 1. The summed E-state index contributed by atoms with van der Waals surface area (Å²) in [5.41, 5.74) is 5.74. The van der Waals surface area contributed by atoms with Crippen LogP contribution >= 0.6 is 0 Å². The third kappa shape index (κ3) is 1.43. The van der Waals surface area contributed by atoms with Crippen LogP contribution in [0.2, 0.25) is 0 Å². The average Bonchev–Trinajstić information content (AvgIpc) is 2.71. The highest BCUT2D eigenvalue weighted by Gasteiger charge is 2.53. The lowest BCUT2D eigenvalue weighted by atomic mass is 9.91. The topological polar surface area (TPSA) is 58.7 Å². The molecule has 0 saturated heterocycles. The number of nitrogens with zero attached hydrogens (tertiary/aromatic N) is 2. The molecular formula is C12H21N3O. The van der Waals surface area contributed by atoms with Crippen molar-refractivity contribution in [1.82, 2.24) is 4.90 Å². The van der Waals surface area contributed by atoms with E-state index in [9.17, 15) is 4.79 Å². The molecule has 2 unspecified atom stereocenters. The smallest absolute Gasteiger partial charge is 0.346 e. The molecule has 16 heavy (non-hydrogen) atoms. The van der Waals surface area contributed by atoms with E-state index >= 15 is 0 Å². The van der Waals surface area contributed by atoms with Gasteiger partial charge in [0.2, 0.25) is 0 Å². The molecule has 90 valence electrons. The van der Waals surface area contributed by atoms with Crippen LogP contribution in [0.5, 0.6) is 0 Å². The molecule has 4 nitrogen and oxygen atoms in total. The van der Waals surface area contributed by atoms with Crippen molar-refractivity contribution in [2.75, 3.05) is 0 Å². The van der Waals surface area contributed by atoms with Crippen LogP contribution in [0.3, 0.4) is 0 Å². The molecule has 4 heteroatoms. The molecule has 1 spiro atoms. The summed E-state index contributed by atoms with van der Waals surface area (Å²) in [6.07, 6.45) is 4.28. The minimum atomic E-state index is -0.258. The van der Waals surface area contributed by atoms with Crippen LogP contribution in [0.4, 0.5) is 4.79 Å². The fourth-order valence-corrected chi connectivity index (χ4v) is 3.21. The van der Waals surface area contributed by atoms with Crippen molar-refractivity contribution in [2.45, 2.75) is 58.0 Å².